The average Bonchev–Trinajstić information content (AvgIpc) is 3.37. The number of thiophene rings is 1. The van der Waals surface area contributed by atoms with Crippen LogP contribution in [0.4, 0.5) is 5.69 Å². The summed E-state index contributed by atoms with van der Waals surface area (Å²) < 4.78 is 13.3. The van der Waals surface area contributed by atoms with Gasteiger partial charge in [-0.3, -0.25) is 14.2 Å². The Morgan fingerprint density at radius 1 is 1.22 bits per heavy atom. The first-order chi connectivity index (χ1) is 13.1. The predicted octanol–water partition coefficient (Wildman–Crippen LogP) is 3.14. The number of fused-ring (bicyclic) bond motifs is 2. The van der Waals surface area contributed by atoms with Crippen molar-refractivity contribution in [2.75, 3.05) is 5.32 Å². The van der Waals surface area contributed by atoms with Crippen molar-refractivity contribution in [3.05, 3.63) is 46.3 Å². The molecule has 1 fully saturated rings. The van der Waals surface area contributed by atoms with Gasteiger partial charge in [-0.15, -0.1) is 11.3 Å². The van der Waals surface area contributed by atoms with Crippen LogP contribution in [0.5, 0.6) is 11.5 Å². The fraction of sp³-hybridized carbons (Fsp3) is 0.316. The third-order valence-electron chi connectivity index (χ3n) is 4.95. The number of nitrogens with zero attached hydrogens (tertiary/aromatic N) is 2. The van der Waals surface area contributed by atoms with Gasteiger partial charge in [0.25, 0.3) is 11.3 Å². The lowest BCUT2D eigenvalue weighted by atomic mass is 10.2. The summed E-state index contributed by atoms with van der Waals surface area (Å²) >= 11 is 1.40. The molecule has 0 radical (unpaired) electrons. The smallest absolute Gasteiger partial charge is 0.262 e. The molecule has 0 bridgehead atoms. The van der Waals surface area contributed by atoms with Crippen LogP contribution in [0.15, 0.2) is 40.8 Å². The van der Waals surface area contributed by atoms with Gasteiger partial charge in [-0.2, -0.15) is 0 Å². The van der Waals surface area contributed by atoms with E-state index in [1.807, 2.05) is 11.4 Å². The number of benzene rings is 1. The number of hydrogen-bond acceptors (Lipinski definition) is 6. The average molecular weight is 383 g/mol. The van der Waals surface area contributed by atoms with E-state index in [4.69, 9.17) is 9.47 Å². The number of amides is 1. The molecule has 1 amide bonds. The summed E-state index contributed by atoms with van der Waals surface area (Å²) in [6, 6.07) is 7.07. The summed E-state index contributed by atoms with van der Waals surface area (Å²) in [6.07, 6.45) is 5.35. The molecule has 2 aromatic heterocycles. The van der Waals surface area contributed by atoms with Crippen LogP contribution in [0.3, 0.4) is 0 Å². The van der Waals surface area contributed by atoms with Crippen LogP contribution in [0.1, 0.15) is 25.7 Å². The highest BCUT2D eigenvalue weighted by atomic mass is 32.1. The van der Waals surface area contributed by atoms with Gasteiger partial charge >= 0.3 is 0 Å². The Balaban J connectivity index is 1.31. The van der Waals surface area contributed by atoms with E-state index < -0.39 is 5.79 Å². The zero-order valence-corrected chi connectivity index (χ0v) is 15.3. The summed E-state index contributed by atoms with van der Waals surface area (Å²) in [5.74, 6) is 0.522. The van der Waals surface area contributed by atoms with Crippen LogP contribution in [0.25, 0.3) is 10.2 Å². The number of anilines is 1. The van der Waals surface area contributed by atoms with Crippen LogP contribution in [-0.4, -0.2) is 21.2 Å². The third kappa shape index (κ3) is 2.86. The molecule has 1 aliphatic heterocycles. The number of nitrogens with one attached hydrogen (secondary N) is 1. The molecule has 138 valence electrons. The Morgan fingerprint density at radius 2 is 2.04 bits per heavy atom. The van der Waals surface area contributed by atoms with Gasteiger partial charge in [0.1, 0.15) is 11.4 Å². The van der Waals surface area contributed by atoms with Crippen molar-refractivity contribution in [2.45, 2.75) is 38.0 Å². The van der Waals surface area contributed by atoms with E-state index in [1.165, 1.54) is 22.2 Å². The van der Waals surface area contributed by atoms with Gasteiger partial charge in [0.2, 0.25) is 5.91 Å². The maximum Gasteiger partial charge on any atom is 0.262 e. The topological polar surface area (TPSA) is 82.5 Å². The van der Waals surface area contributed by atoms with Crippen LogP contribution in [-0.2, 0) is 11.3 Å². The molecule has 0 saturated heterocycles. The normalized spacial score (nSPS) is 16.9. The first-order valence-corrected chi connectivity index (χ1v) is 9.74. The molecule has 3 heterocycles. The molecule has 1 saturated carbocycles. The Labute approximate surface area is 158 Å². The van der Waals surface area contributed by atoms with Gasteiger partial charge < -0.3 is 14.8 Å². The zero-order valence-electron chi connectivity index (χ0n) is 14.4. The van der Waals surface area contributed by atoms with Gasteiger partial charge in [-0.05, 0) is 36.4 Å². The fourth-order valence-electron chi connectivity index (χ4n) is 3.65. The number of carbonyl (C=O) groups is 1. The molecule has 0 atom stereocenters. The van der Waals surface area contributed by atoms with E-state index >= 15 is 0 Å². The molecule has 27 heavy (non-hydrogen) atoms. The first-order valence-electron chi connectivity index (χ1n) is 8.87. The van der Waals surface area contributed by atoms with Crippen LogP contribution < -0.4 is 20.3 Å². The summed E-state index contributed by atoms with van der Waals surface area (Å²) in [7, 11) is 0. The Bertz CT molecular complexity index is 1100. The van der Waals surface area contributed by atoms with E-state index in [2.05, 4.69) is 10.3 Å². The molecule has 1 N–H and O–H groups in total. The SMILES string of the molecule is O=C(Cn1cnc2sccc2c1=O)Nc1ccc2c(c1)OC1(CCCC1)O2. The third-order valence-corrected chi connectivity index (χ3v) is 5.77. The number of rotatable bonds is 3. The number of ether oxygens (including phenoxy) is 2. The Morgan fingerprint density at radius 3 is 2.89 bits per heavy atom. The molecular formula is C19H17N3O4S. The van der Waals surface area contributed by atoms with Crippen molar-refractivity contribution in [2.24, 2.45) is 0 Å². The van der Waals surface area contributed by atoms with Crippen molar-refractivity contribution in [1.29, 1.82) is 0 Å². The maximum atomic E-state index is 12.4. The predicted molar refractivity (Wildman–Crippen MR) is 101 cm³/mol. The molecular weight excluding hydrogens is 366 g/mol. The molecule has 3 aromatic rings. The van der Waals surface area contributed by atoms with Gasteiger partial charge in [0.15, 0.2) is 11.5 Å². The van der Waals surface area contributed by atoms with Gasteiger partial charge in [0, 0.05) is 24.6 Å². The molecule has 1 spiro atoms. The second kappa shape index (κ2) is 6.09. The Hall–Kier alpha value is -2.87. The Kier molecular flexibility index (Phi) is 3.68. The molecule has 5 rings (SSSR count). The quantitative estimate of drug-likeness (QED) is 0.751. The lowest BCUT2D eigenvalue weighted by Gasteiger charge is -2.21. The molecule has 7 nitrogen and oxygen atoms in total. The van der Waals surface area contributed by atoms with E-state index in [0.29, 0.717) is 27.4 Å². The fourth-order valence-corrected chi connectivity index (χ4v) is 4.37. The largest absolute Gasteiger partial charge is 0.448 e. The van der Waals surface area contributed by atoms with Crippen molar-refractivity contribution < 1.29 is 14.3 Å². The highest BCUT2D eigenvalue weighted by Crippen LogP contribution is 2.47. The number of aromatic nitrogens is 2. The van der Waals surface area contributed by atoms with Crippen LogP contribution >= 0.6 is 11.3 Å². The minimum atomic E-state index is -0.528. The maximum absolute atomic E-state index is 12.4. The van der Waals surface area contributed by atoms with Gasteiger partial charge in [0.05, 0.1) is 11.7 Å². The van der Waals surface area contributed by atoms with Crippen molar-refractivity contribution in [1.82, 2.24) is 9.55 Å². The monoisotopic (exact) mass is 383 g/mol. The molecule has 1 aliphatic carbocycles. The highest BCUT2D eigenvalue weighted by molar-refractivity contribution is 7.16. The van der Waals surface area contributed by atoms with E-state index in [9.17, 15) is 9.59 Å². The minimum Gasteiger partial charge on any atom is -0.448 e. The first kappa shape index (κ1) is 16.3. The van der Waals surface area contributed by atoms with E-state index in [1.54, 1.807) is 18.2 Å². The standard InChI is InChI=1S/C19H17N3O4S/c23-16(10-22-11-20-17-13(18(22)24)5-8-27-17)21-12-3-4-14-15(9-12)26-19(25-14)6-1-2-7-19/h3-5,8-9,11H,1-2,6-7,10H2,(H,21,23). The van der Waals surface area contributed by atoms with Crippen molar-refractivity contribution >= 4 is 33.1 Å². The van der Waals surface area contributed by atoms with Gasteiger partial charge in [-0.1, -0.05) is 0 Å². The second-order valence-electron chi connectivity index (χ2n) is 6.85. The lowest BCUT2D eigenvalue weighted by molar-refractivity contribution is -0.116. The minimum absolute atomic E-state index is 0.101. The summed E-state index contributed by atoms with van der Waals surface area (Å²) in [4.78, 5) is 29.7. The number of carbonyl (C=O) groups excluding carboxylic acids is 1. The molecule has 1 aromatic carbocycles. The lowest BCUT2D eigenvalue weighted by Crippen LogP contribution is -2.34. The highest BCUT2D eigenvalue weighted by Gasteiger charge is 2.44. The van der Waals surface area contributed by atoms with Gasteiger partial charge in [-0.25, -0.2) is 4.98 Å². The summed E-state index contributed by atoms with van der Waals surface area (Å²) in [6.45, 7) is -0.101. The summed E-state index contributed by atoms with van der Waals surface area (Å²) in [5.41, 5.74) is 0.389. The molecule has 8 heteroatoms. The molecule has 0 unspecified atom stereocenters. The van der Waals surface area contributed by atoms with Crippen molar-refractivity contribution in [3.63, 3.8) is 0 Å². The second-order valence-corrected chi connectivity index (χ2v) is 7.74. The zero-order chi connectivity index (χ0) is 18.4. The van der Waals surface area contributed by atoms with Crippen LogP contribution in [0.2, 0.25) is 0 Å². The van der Waals surface area contributed by atoms with Crippen LogP contribution in [0, 0.1) is 0 Å². The number of hydrogen-bond donors (Lipinski definition) is 1. The molecule has 2 aliphatic rings. The van der Waals surface area contributed by atoms with Crippen molar-refractivity contribution in [3.8, 4) is 11.5 Å². The van der Waals surface area contributed by atoms with E-state index in [-0.39, 0.29) is 18.0 Å². The summed E-state index contributed by atoms with van der Waals surface area (Å²) in [5, 5.41) is 5.15. The van der Waals surface area contributed by atoms with E-state index in [0.717, 1.165) is 25.7 Å².